The third-order valence-corrected chi connectivity index (χ3v) is 9.68. The van der Waals surface area contributed by atoms with Crippen LogP contribution in [-0.2, 0) is 11.8 Å². The Hall–Kier alpha value is -5.16. The molecule has 0 amide bonds. The SMILES string of the molecule is CCCc1ccnc(-n2c3ccccc3c3ccc(Oc4cc(-n5nc(C)c(-c6c(C)cc(C)cc6C)c5C)cc(C(C)(C)C)c4)cc32)c1. The van der Waals surface area contributed by atoms with Gasteiger partial charge in [-0.15, -0.1) is 0 Å². The van der Waals surface area contributed by atoms with Gasteiger partial charge in [0.1, 0.15) is 17.3 Å². The summed E-state index contributed by atoms with van der Waals surface area (Å²) < 4.78 is 11.1. The summed E-state index contributed by atoms with van der Waals surface area (Å²) in [5.74, 6) is 2.48. The number of benzene rings is 4. The van der Waals surface area contributed by atoms with E-state index in [4.69, 9.17) is 14.8 Å². The van der Waals surface area contributed by atoms with Gasteiger partial charge in [0.2, 0.25) is 0 Å². The van der Waals surface area contributed by atoms with Crippen LogP contribution in [-0.4, -0.2) is 19.3 Å². The molecular weight excluding hydrogens is 601 g/mol. The molecule has 4 aromatic carbocycles. The molecule has 0 atom stereocenters. The highest BCUT2D eigenvalue weighted by atomic mass is 16.5. The number of hydrogen-bond acceptors (Lipinski definition) is 3. The molecule has 3 aromatic heterocycles. The number of aryl methyl sites for hydroxylation is 5. The van der Waals surface area contributed by atoms with E-state index in [1.54, 1.807) is 0 Å². The number of hydrogen-bond donors (Lipinski definition) is 0. The fourth-order valence-corrected chi connectivity index (χ4v) is 7.45. The second kappa shape index (κ2) is 12.4. The monoisotopic (exact) mass is 646 g/mol. The summed E-state index contributed by atoms with van der Waals surface area (Å²) in [6, 6.07) is 30.3. The van der Waals surface area contributed by atoms with Crippen molar-refractivity contribution >= 4 is 21.8 Å². The number of fused-ring (bicyclic) bond motifs is 3. The van der Waals surface area contributed by atoms with Gasteiger partial charge in [-0.3, -0.25) is 4.57 Å². The summed E-state index contributed by atoms with van der Waals surface area (Å²) >= 11 is 0. The number of para-hydroxylation sites is 1. The van der Waals surface area contributed by atoms with Crippen molar-refractivity contribution in [1.82, 2.24) is 19.3 Å². The quantitative estimate of drug-likeness (QED) is 0.173. The van der Waals surface area contributed by atoms with Crippen LogP contribution >= 0.6 is 0 Å². The van der Waals surface area contributed by atoms with E-state index in [1.165, 1.54) is 49.7 Å². The highest BCUT2D eigenvalue weighted by Crippen LogP contribution is 2.39. The van der Waals surface area contributed by atoms with E-state index in [0.29, 0.717) is 0 Å². The van der Waals surface area contributed by atoms with Crippen LogP contribution in [0.25, 0.3) is 44.4 Å². The molecule has 0 saturated heterocycles. The van der Waals surface area contributed by atoms with E-state index in [1.807, 2.05) is 6.20 Å². The van der Waals surface area contributed by atoms with Crippen molar-refractivity contribution in [3.8, 4) is 34.1 Å². The maximum atomic E-state index is 6.77. The van der Waals surface area contributed by atoms with E-state index in [0.717, 1.165) is 58.3 Å². The van der Waals surface area contributed by atoms with Gasteiger partial charge in [0.25, 0.3) is 0 Å². The molecule has 0 unspecified atom stereocenters. The zero-order chi connectivity index (χ0) is 34.6. The first-order valence-electron chi connectivity index (χ1n) is 17.4. The summed E-state index contributed by atoms with van der Waals surface area (Å²) in [5.41, 5.74) is 14.0. The lowest BCUT2D eigenvalue weighted by atomic mass is 9.86. The Bertz CT molecular complexity index is 2340. The average Bonchev–Trinajstić information content (AvgIpc) is 3.53. The Morgan fingerprint density at radius 3 is 2.18 bits per heavy atom. The van der Waals surface area contributed by atoms with E-state index in [-0.39, 0.29) is 5.41 Å². The minimum Gasteiger partial charge on any atom is -0.457 e. The van der Waals surface area contributed by atoms with Gasteiger partial charge in [0.05, 0.1) is 22.4 Å². The molecule has 49 heavy (non-hydrogen) atoms. The highest BCUT2D eigenvalue weighted by Gasteiger charge is 2.22. The van der Waals surface area contributed by atoms with Crippen LogP contribution in [0.1, 0.15) is 73.3 Å². The Morgan fingerprint density at radius 2 is 1.45 bits per heavy atom. The minimum absolute atomic E-state index is 0.0945. The normalized spacial score (nSPS) is 11.9. The van der Waals surface area contributed by atoms with Crippen molar-refractivity contribution in [1.29, 1.82) is 0 Å². The maximum Gasteiger partial charge on any atom is 0.137 e. The van der Waals surface area contributed by atoms with Gasteiger partial charge < -0.3 is 4.74 Å². The van der Waals surface area contributed by atoms with Crippen LogP contribution in [0, 0.1) is 34.6 Å². The van der Waals surface area contributed by atoms with Gasteiger partial charge in [0.15, 0.2) is 0 Å². The first kappa shape index (κ1) is 32.4. The number of rotatable bonds is 7. The van der Waals surface area contributed by atoms with Crippen molar-refractivity contribution in [2.75, 3.05) is 0 Å². The first-order chi connectivity index (χ1) is 23.4. The Labute approximate surface area is 290 Å². The van der Waals surface area contributed by atoms with Crippen molar-refractivity contribution in [2.24, 2.45) is 0 Å². The summed E-state index contributed by atoms with van der Waals surface area (Å²) in [5, 5.41) is 7.48. The number of ether oxygens (including phenoxy) is 1. The largest absolute Gasteiger partial charge is 0.457 e. The van der Waals surface area contributed by atoms with Crippen LogP contribution in [0.4, 0.5) is 0 Å². The molecule has 7 aromatic rings. The van der Waals surface area contributed by atoms with E-state index >= 15 is 0 Å². The van der Waals surface area contributed by atoms with Gasteiger partial charge in [0, 0.05) is 40.4 Å². The minimum atomic E-state index is -0.0945. The van der Waals surface area contributed by atoms with Gasteiger partial charge in [-0.05, 0) is 117 Å². The van der Waals surface area contributed by atoms with Crippen molar-refractivity contribution in [3.63, 3.8) is 0 Å². The molecular formula is C44H46N4O. The fourth-order valence-electron chi connectivity index (χ4n) is 7.45. The molecule has 0 saturated carbocycles. The second-order valence-electron chi connectivity index (χ2n) is 14.6. The predicted octanol–water partition coefficient (Wildman–Crippen LogP) is 11.6. The Balaban J connectivity index is 1.35. The van der Waals surface area contributed by atoms with E-state index in [9.17, 15) is 0 Å². The van der Waals surface area contributed by atoms with E-state index in [2.05, 4.69) is 156 Å². The van der Waals surface area contributed by atoms with Gasteiger partial charge in [-0.25, -0.2) is 9.67 Å². The van der Waals surface area contributed by atoms with Crippen LogP contribution < -0.4 is 4.74 Å². The summed E-state index contributed by atoms with van der Waals surface area (Å²) in [6.45, 7) is 19.8. The van der Waals surface area contributed by atoms with Gasteiger partial charge in [-0.1, -0.05) is 70.0 Å². The molecule has 0 spiro atoms. The third-order valence-electron chi connectivity index (χ3n) is 9.68. The standard InChI is InChI=1S/C44H46N4O/c1-10-13-32-18-19-45-41(22-32)47-39-15-12-11-14-37(39)38-17-16-35(26-40(38)47)49-36-24-33(44(7,8)9)23-34(25-36)48-31(6)43(30(5)46-48)42-28(3)20-27(2)21-29(42)4/h11-12,14-26H,10,13H2,1-9H3. The zero-order valence-electron chi connectivity index (χ0n) is 30.3. The Kier molecular flexibility index (Phi) is 8.18. The zero-order valence-corrected chi connectivity index (χ0v) is 30.3. The van der Waals surface area contributed by atoms with Crippen molar-refractivity contribution < 1.29 is 4.74 Å². The predicted molar refractivity (Wildman–Crippen MR) is 204 cm³/mol. The van der Waals surface area contributed by atoms with Crippen LogP contribution in [0.3, 0.4) is 0 Å². The molecule has 0 bridgehead atoms. The second-order valence-corrected chi connectivity index (χ2v) is 14.6. The summed E-state index contributed by atoms with van der Waals surface area (Å²) in [6.07, 6.45) is 4.04. The first-order valence-corrected chi connectivity index (χ1v) is 17.4. The molecule has 0 N–H and O–H groups in total. The van der Waals surface area contributed by atoms with Crippen LogP contribution in [0.5, 0.6) is 11.5 Å². The molecule has 5 nitrogen and oxygen atoms in total. The lowest BCUT2D eigenvalue weighted by molar-refractivity contribution is 0.478. The molecule has 0 aliphatic rings. The number of aromatic nitrogens is 4. The smallest absolute Gasteiger partial charge is 0.137 e. The number of nitrogens with zero attached hydrogens (tertiary/aromatic N) is 4. The Morgan fingerprint density at radius 1 is 0.714 bits per heavy atom. The number of pyridine rings is 1. The molecule has 3 heterocycles. The van der Waals surface area contributed by atoms with Crippen molar-refractivity contribution in [3.05, 3.63) is 130 Å². The molecule has 0 radical (unpaired) electrons. The van der Waals surface area contributed by atoms with Gasteiger partial charge >= 0.3 is 0 Å². The molecule has 0 aliphatic carbocycles. The van der Waals surface area contributed by atoms with Crippen molar-refractivity contribution in [2.45, 2.75) is 80.6 Å². The molecule has 0 aliphatic heterocycles. The highest BCUT2D eigenvalue weighted by molar-refractivity contribution is 6.09. The molecule has 7 rings (SSSR count). The van der Waals surface area contributed by atoms with Crippen LogP contribution in [0.2, 0.25) is 0 Å². The third kappa shape index (κ3) is 5.92. The molecule has 5 heteroatoms. The molecule has 0 fully saturated rings. The summed E-state index contributed by atoms with van der Waals surface area (Å²) in [7, 11) is 0. The van der Waals surface area contributed by atoms with Gasteiger partial charge in [-0.2, -0.15) is 5.10 Å². The molecule has 248 valence electrons. The lowest BCUT2D eigenvalue weighted by Crippen LogP contribution is -2.12. The lowest BCUT2D eigenvalue weighted by Gasteiger charge is -2.22. The average molecular weight is 647 g/mol. The van der Waals surface area contributed by atoms with Crippen LogP contribution in [0.15, 0.2) is 91.1 Å². The maximum absolute atomic E-state index is 6.77. The fraction of sp³-hybridized carbons (Fsp3) is 0.273. The van der Waals surface area contributed by atoms with E-state index < -0.39 is 0 Å². The summed E-state index contributed by atoms with van der Waals surface area (Å²) in [4.78, 5) is 4.83. The topological polar surface area (TPSA) is 44.9 Å².